The lowest BCUT2D eigenvalue weighted by atomic mass is 10.1. The fourth-order valence-corrected chi connectivity index (χ4v) is 10.4. The van der Waals surface area contributed by atoms with Gasteiger partial charge in [0.05, 0.1) is 5.24 Å². The fraction of sp³-hybridized carbons (Fsp3) is 0.143. The van der Waals surface area contributed by atoms with Crippen molar-refractivity contribution in [3.05, 3.63) is 96.1 Å². The first-order valence-corrected chi connectivity index (χ1v) is 12.3. The molecular formula is C21H21PS2. The van der Waals surface area contributed by atoms with Crippen LogP contribution in [0.15, 0.2) is 84.9 Å². The molecule has 0 aliphatic carbocycles. The highest BCUT2D eigenvalue weighted by atomic mass is 32.9. The summed E-state index contributed by atoms with van der Waals surface area (Å²) in [5.74, 6) is 0. The van der Waals surface area contributed by atoms with Crippen molar-refractivity contribution < 1.29 is 0 Å². The van der Waals surface area contributed by atoms with Gasteiger partial charge in [-0.1, -0.05) is 96.7 Å². The van der Waals surface area contributed by atoms with Gasteiger partial charge in [-0.25, -0.2) is 0 Å². The smallest absolute Gasteiger partial charge is 0.0619 e. The first-order chi connectivity index (χ1) is 11.6. The molecule has 0 fully saturated rings. The maximum Gasteiger partial charge on any atom is 0.0619 e. The summed E-state index contributed by atoms with van der Waals surface area (Å²) in [6.45, 7) is 4.46. The van der Waals surface area contributed by atoms with Crippen molar-refractivity contribution in [3.63, 3.8) is 0 Å². The third-order valence-electron chi connectivity index (χ3n) is 4.13. The van der Waals surface area contributed by atoms with Crippen LogP contribution in [0.3, 0.4) is 0 Å². The van der Waals surface area contributed by atoms with Crippen molar-refractivity contribution in [2.75, 3.05) is 0 Å². The molecule has 3 rings (SSSR count). The quantitative estimate of drug-likeness (QED) is 0.519. The number of benzene rings is 3. The predicted octanol–water partition coefficient (Wildman–Crippen LogP) is 5.83. The van der Waals surface area contributed by atoms with Gasteiger partial charge in [-0.2, -0.15) is 0 Å². The Morgan fingerprint density at radius 1 is 0.750 bits per heavy atom. The van der Waals surface area contributed by atoms with Crippen LogP contribution in [0.4, 0.5) is 0 Å². The van der Waals surface area contributed by atoms with Crippen LogP contribution >= 0.6 is 16.6 Å². The molecule has 0 aromatic heterocycles. The van der Waals surface area contributed by atoms with Gasteiger partial charge in [-0.05, 0) is 35.6 Å². The molecule has 3 aromatic carbocycles. The molecule has 1 unspecified atom stereocenters. The second-order valence-corrected chi connectivity index (χ2v) is 13.5. The summed E-state index contributed by atoms with van der Waals surface area (Å²) in [6.07, 6.45) is 0. The second-order valence-electron chi connectivity index (χ2n) is 5.83. The van der Waals surface area contributed by atoms with Crippen LogP contribution in [0.25, 0.3) is 0 Å². The summed E-state index contributed by atoms with van der Waals surface area (Å²) >= 11 is 8.27. The highest BCUT2D eigenvalue weighted by Crippen LogP contribution is 2.62. The van der Waals surface area contributed by atoms with E-state index >= 15 is 0 Å². The first-order valence-electron chi connectivity index (χ1n) is 8.06. The average Bonchev–Trinajstić information content (AvgIpc) is 2.63. The van der Waals surface area contributed by atoms with Gasteiger partial charge < -0.3 is 0 Å². The third kappa shape index (κ3) is 3.67. The zero-order valence-electron chi connectivity index (χ0n) is 13.9. The minimum Gasteiger partial charge on any atom is -0.107 e. The zero-order chi connectivity index (χ0) is 17.0. The molecule has 0 radical (unpaired) electrons. The van der Waals surface area contributed by atoms with Crippen LogP contribution < -0.4 is 10.6 Å². The first kappa shape index (κ1) is 17.5. The van der Waals surface area contributed by atoms with E-state index in [4.69, 9.17) is 11.8 Å². The molecule has 0 nitrogen and oxygen atoms in total. The summed E-state index contributed by atoms with van der Waals surface area (Å²) in [4.78, 5) is 0. The summed E-state index contributed by atoms with van der Waals surface area (Å²) < 4.78 is 0. The molecule has 0 aliphatic rings. The summed E-state index contributed by atoms with van der Waals surface area (Å²) in [6, 6.07) is 29.9. The van der Waals surface area contributed by atoms with Gasteiger partial charge in [0.25, 0.3) is 0 Å². The normalized spacial score (nSPS) is 12.8. The lowest BCUT2D eigenvalue weighted by Gasteiger charge is -2.27. The average molecular weight is 369 g/mol. The van der Waals surface area contributed by atoms with Crippen LogP contribution in [0.2, 0.25) is 0 Å². The Hall–Kier alpha value is -1.34. The molecule has 0 N–H and O–H groups in total. The van der Waals surface area contributed by atoms with E-state index in [-0.39, 0.29) is 0 Å². The maximum absolute atomic E-state index is 6.33. The second kappa shape index (κ2) is 7.70. The zero-order valence-corrected chi connectivity index (χ0v) is 16.5. The highest BCUT2D eigenvalue weighted by Gasteiger charge is 2.26. The molecule has 0 bridgehead atoms. The molecular weight excluding hydrogens is 347 g/mol. The number of hydrogen-bond donors (Lipinski definition) is 0. The van der Waals surface area contributed by atoms with Crippen molar-refractivity contribution in [3.8, 4) is 0 Å². The van der Waals surface area contributed by atoms with Gasteiger partial charge in [0.1, 0.15) is 0 Å². The van der Waals surface area contributed by atoms with E-state index in [0.717, 1.165) is 0 Å². The van der Waals surface area contributed by atoms with Gasteiger partial charge in [0.15, 0.2) is 0 Å². The van der Waals surface area contributed by atoms with Crippen molar-refractivity contribution >= 4 is 39.0 Å². The molecule has 3 aromatic rings. The summed E-state index contributed by atoms with van der Waals surface area (Å²) in [5, 5.41) is 0.993. The number of aryl methyl sites for hydroxylation is 1. The summed E-state index contributed by atoms with van der Waals surface area (Å²) in [7, 11) is 0. The Morgan fingerprint density at radius 3 is 1.71 bits per heavy atom. The Labute approximate surface area is 154 Å². The molecule has 0 amide bonds. The van der Waals surface area contributed by atoms with Crippen molar-refractivity contribution in [1.29, 1.82) is 0 Å². The Bertz CT molecular complexity index is 800. The highest BCUT2D eigenvalue weighted by molar-refractivity contribution is 8.75. The van der Waals surface area contributed by atoms with Gasteiger partial charge in [-0.3, -0.25) is 0 Å². The molecule has 0 spiro atoms. The largest absolute Gasteiger partial charge is 0.107 e. The molecule has 1 atom stereocenters. The van der Waals surface area contributed by atoms with E-state index in [1.165, 1.54) is 21.7 Å². The minimum absolute atomic E-state index is 0.359. The number of rotatable bonds is 5. The van der Waals surface area contributed by atoms with Gasteiger partial charge >= 0.3 is 0 Å². The lowest BCUT2D eigenvalue weighted by molar-refractivity contribution is 1.08. The third-order valence-corrected chi connectivity index (χ3v) is 12.1. The lowest BCUT2D eigenvalue weighted by Crippen LogP contribution is -2.14. The Kier molecular flexibility index (Phi) is 5.61. The Morgan fingerprint density at radius 2 is 1.21 bits per heavy atom. The van der Waals surface area contributed by atoms with E-state index < -0.39 is 5.24 Å². The predicted molar refractivity (Wildman–Crippen MR) is 114 cm³/mol. The fourth-order valence-electron chi connectivity index (χ4n) is 2.84. The molecule has 0 saturated heterocycles. The van der Waals surface area contributed by atoms with E-state index in [1.807, 2.05) is 11.4 Å². The van der Waals surface area contributed by atoms with Crippen molar-refractivity contribution in [1.82, 2.24) is 0 Å². The van der Waals surface area contributed by atoms with Crippen LogP contribution in [-0.2, 0) is 11.8 Å². The minimum atomic E-state index is -1.92. The van der Waals surface area contributed by atoms with E-state index in [9.17, 15) is 0 Å². The molecule has 0 saturated carbocycles. The molecule has 0 aliphatic heterocycles. The van der Waals surface area contributed by atoms with Gasteiger partial charge in [0.2, 0.25) is 0 Å². The summed E-state index contributed by atoms with van der Waals surface area (Å²) in [5.41, 5.74) is 2.71. The van der Waals surface area contributed by atoms with E-state index in [1.54, 1.807) is 0 Å². The van der Waals surface area contributed by atoms with Crippen LogP contribution in [0, 0.1) is 6.92 Å². The van der Waals surface area contributed by atoms with Crippen molar-refractivity contribution in [2.24, 2.45) is 0 Å². The van der Waals surface area contributed by atoms with Gasteiger partial charge in [-0.15, -0.1) is 11.4 Å². The molecule has 3 heteroatoms. The standard InChI is InChI=1S/C21H21PS2/c1-17-11-9-10-16-21(17)18(2)24-22(23,19-12-5-3-6-13-19)20-14-7-4-8-15-20/h3-16,18H,1-2H3. The molecule has 122 valence electrons. The number of hydrogen-bond acceptors (Lipinski definition) is 2. The van der Waals surface area contributed by atoms with Crippen LogP contribution in [0.5, 0.6) is 0 Å². The Balaban J connectivity index is 2.04. The van der Waals surface area contributed by atoms with Crippen molar-refractivity contribution in [2.45, 2.75) is 19.1 Å². The van der Waals surface area contributed by atoms with Crippen LogP contribution in [0.1, 0.15) is 23.3 Å². The molecule has 0 heterocycles. The maximum atomic E-state index is 6.33. The van der Waals surface area contributed by atoms with Gasteiger partial charge in [0, 0.05) is 5.25 Å². The van der Waals surface area contributed by atoms with E-state index in [2.05, 4.69) is 98.8 Å². The SMILES string of the molecule is Cc1ccccc1C(C)SP(=S)(c1ccccc1)c1ccccc1. The topological polar surface area (TPSA) is 0 Å². The van der Waals surface area contributed by atoms with Crippen LogP contribution in [-0.4, -0.2) is 0 Å². The monoisotopic (exact) mass is 368 g/mol. The van der Waals surface area contributed by atoms with E-state index in [0.29, 0.717) is 5.25 Å². The molecule has 24 heavy (non-hydrogen) atoms.